The molecule has 144 valence electrons. The second-order valence-electron chi connectivity index (χ2n) is 6.20. The molecule has 0 unspecified atom stereocenters. The van der Waals surface area contributed by atoms with E-state index in [2.05, 4.69) is 0 Å². The van der Waals surface area contributed by atoms with Crippen LogP contribution < -0.4 is 9.47 Å². The van der Waals surface area contributed by atoms with E-state index in [1.807, 2.05) is 12.1 Å². The van der Waals surface area contributed by atoms with Gasteiger partial charge in [0.1, 0.15) is 18.1 Å². The van der Waals surface area contributed by atoms with Crippen molar-refractivity contribution >= 4 is 5.97 Å². The van der Waals surface area contributed by atoms with Crippen LogP contribution in [0.5, 0.6) is 11.5 Å². The molecule has 0 saturated carbocycles. The highest BCUT2D eigenvalue weighted by Crippen LogP contribution is 2.32. The summed E-state index contributed by atoms with van der Waals surface area (Å²) in [5.41, 5.74) is -0.416. The summed E-state index contributed by atoms with van der Waals surface area (Å²) in [7, 11) is 3.10. The van der Waals surface area contributed by atoms with Gasteiger partial charge >= 0.3 is 5.97 Å². The lowest BCUT2D eigenvalue weighted by atomic mass is 9.86. The van der Waals surface area contributed by atoms with Gasteiger partial charge in [-0.05, 0) is 29.3 Å². The minimum Gasteiger partial charge on any atom is -0.497 e. The van der Waals surface area contributed by atoms with Crippen molar-refractivity contribution in [3.05, 3.63) is 95.6 Å². The number of hydrogen-bond donors (Lipinski definition) is 1. The van der Waals surface area contributed by atoms with E-state index >= 15 is 0 Å². The monoisotopic (exact) mass is 378 g/mol. The lowest BCUT2D eigenvalue weighted by Gasteiger charge is -2.27. The van der Waals surface area contributed by atoms with Crippen LogP contribution >= 0.6 is 0 Å². The van der Waals surface area contributed by atoms with Gasteiger partial charge in [-0.2, -0.15) is 0 Å². The number of carbonyl (C=O) groups excluding carboxylic acids is 1. The maximum atomic E-state index is 13.0. The highest BCUT2D eigenvalue weighted by Gasteiger charge is 2.41. The van der Waals surface area contributed by atoms with Gasteiger partial charge in [0.15, 0.2) is 0 Å². The van der Waals surface area contributed by atoms with Crippen LogP contribution in [0.25, 0.3) is 0 Å². The Bertz CT molecular complexity index is 883. The van der Waals surface area contributed by atoms with Gasteiger partial charge in [0.05, 0.1) is 14.2 Å². The molecule has 28 heavy (non-hydrogen) atoms. The van der Waals surface area contributed by atoms with Crippen molar-refractivity contribution in [3.8, 4) is 11.5 Å². The quantitative estimate of drug-likeness (QED) is 0.636. The van der Waals surface area contributed by atoms with Crippen LogP contribution in [0.15, 0.2) is 78.9 Å². The first-order valence-corrected chi connectivity index (χ1v) is 8.81. The van der Waals surface area contributed by atoms with Crippen molar-refractivity contribution < 1.29 is 24.1 Å². The molecule has 0 aliphatic heterocycles. The molecular formula is C23H22O5. The lowest BCUT2D eigenvalue weighted by molar-refractivity contribution is -0.163. The summed E-state index contributed by atoms with van der Waals surface area (Å²) in [6.07, 6.45) is 0. The number of rotatable bonds is 7. The third kappa shape index (κ3) is 3.85. The number of ether oxygens (including phenoxy) is 3. The molecule has 0 radical (unpaired) electrons. The summed E-state index contributed by atoms with van der Waals surface area (Å²) in [6.45, 7) is -0.0683. The molecule has 0 atom stereocenters. The van der Waals surface area contributed by atoms with Crippen molar-refractivity contribution in [1.82, 2.24) is 0 Å². The molecule has 0 amide bonds. The fourth-order valence-electron chi connectivity index (χ4n) is 3.00. The maximum absolute atomic E-state index is 13.0. The van der Waals surface area contributed by atoms with Gasteiger partial charge in [0, 0.05) is 5.56 Å². The Morgan fingerprint density at radius 2 is 1.43 bits per heavy atom. The van der Waals surface area contributed by atoms with Crippen LogP contribution in [0.4, 0.5) is 0 Å². The van der Waals surface area contributed by atoms with E-state index in [1.165, 1.54) is 7.11 Å². The minimum absolute atomic E-state index is 0.0683. The van der Waals surface area contributed by atoms with Gasteiger partial charge in [-0.15, -0.1) is 0 Å². The molecule has 0 aliphatic carbocycles. The largest absolute Gasteiger partial charge is 0.497 e. The molecule has 0 aliphatic rings. The highest BCUT2D eigenvalue weighted by molar-refractivity contribution is 5.85. The zero-order chi connectivity index (χ0) is 20.0. The van der Waals surface area contributed by atoms with Gasteiger partial charge in [-0.3, -0.25) is 0 Å². The SMILES string of the molecule is COc1ccc(OC)c(COC(=O)C(O)(c2ccccc2)c2ccccc2)c1. The summed E-state index contributed by atoms with van der Waals surface area (Å²) in [5, 5.41) is 11.4. The summed E-state index contributed by atoms with van der Waals surface area (Å²) >= 11 is 0. The topological polar surface area (TPSA) is 65.0 Å². The van der Waals surface area contributed by atoms with Crippen molar-refractivity contribution in [2.75, 3.05) is 14.2 Å². The molecule has 0 spiro atoms. The first kappa shape index (κ1) is 19.5. The van der Waals surface area contributed by atoms with Crippen LogP contribution in [0, 0.1) is 0 Å². The molecule has 1 N–H and O–H groups in total. The Hall–Kier alpha value is -3.31. The van der Waals surface area contributed by atoms with E-state index in [1.54, 1.807) is 73.8 Å². The summed E-state index contributed by atoms with van der Waals surface area (Å²) in [5.74, 6) is 0.416. The van der Waals surface area contributed by atoms with Crippen molar-refractivity contribution in [1.29, 1.82) is 0 Å². The standard InChI is InChI=1S/C23H22O5/c1-26-20-13-14-21(27-2)17(15-20)16-28-22(24)23(25,18-9-5-3-6-10-18)19-11-7-4-8-12-19/h3-15,25H,16H2,1-2H3. The molecular weight excluding hydrogens is 356 g/mol. The smallest absolute Gasteiger partial charge is 0.348 e. The molecule has 5 heteroatoms. The van der Waals surface area contributed by atoms with Crippen molar-refractivity contribution in [3.63, 3.8) is 0 Å². The first-order chi connectivity index (χ1) is 13.6. The van der Waals surface area contributed by atoms with Gasteiger partial charge in [0.2, 0.25) is 5.60 Å². The van der Waals surface area contributed by atoms with Crippen LogP contribution in [0.3, 0.4) is 0 Å². The Kier molecular flexibility index (Phi) is 5.96. The number of benzene rings is 3. The third-order valence-corrected chi connectivity index (χ3v) is 4.52. The van der Waals surface area contributed by atoms with Crippen molar-refractivity contribution in [2.45, 2.75) is 12.2 Å². The zero-order valence-corrected chi connectivity index (χ0v) is 15.8. The third-order valence-electron chi connectivity index (χ3n) is 4.52. The Labute approximate surface area is 164 Å². The Morgan fingerprint density at radius 3 is 1.93 bits per heavy atom. The molecule has 0 saturated heterocycles. The van der Waals surface area contributed by atoms with Crippen LogP contribution in [-0.4, -0.2) is 25.3 Å². The molecule has 0 aromatic heterocycles. The Morgan fingerprint density at radius 1 is 0.857 bits per heavy atom. The molecule has 0 fully saturated rings. The lowest BCUT2D eigenvalue weighted by Crippen LogP contribution is -2.38. The predicted molar refractivity (Wildman–Crippen MR) is 105 cm³/mol. The van der Waals surface area contributed by atoms with Crippen molar-refractivity contribution in [2.24, 2.45) is 0 Å². The van der Waals surface area contributed by atoms with Crippen LogP contribution in [0.2, 0.25) is 0 Å². The number of esters is 1. The highest BCUT2D eigenvalue weighted by atomic mass is 16.6. The molecule has 3 rings (SSSR count). The van der Waals surface area contributed by atoms with Gasteiger partial charge < -0.3 is 19.3 Å². The van der Waals surface area contributed by atoms with E-state index in [-0.39, 0.29) is 6.61 Å². The molecule has 0 heterocycles. The number of methoxy groups -OCH3 is 2. The fraction of sp³-hybridized carbons (Fsp3) is 0.174. The maximum Gasteiger partial charge on any atom is 0.348 e. The average Bonchev–Trinajstić information content (AvgIpc) is 2.77. The molecule has 3 aromatic rings. The number of hydrogen-bond acceptors (Lipinski definition) is 5. The molecule has 0 bridgehead atoms. The van der Waals surface area contributed by atoms with Gasteiger partial charge in [-0.25, -0.2) is 4.79 Å². The number of aliphatic hydroxyl groups is 1. The molecule has 5 nitrogen and oxygen atoms in total. The minimum atomic E-state index is -1.92. The summed E-state index contributed by atoms with van der Waals surface area (Å²) in [4.78, 5) is 13.0. The predicted octanol–water partition coefficient (Wildman–Crippen LogP) is 3.68. The van der Waals surface area contributed by atoms with Gasteiger partial charge in [-0.1, -0.05) is 60.7 Å². The second kappa shape index (κ2) is 8.59. The zero-order valence-electron chi connectivity index (χ0n) is 15.8. The van der Waals surface area contributed by atoms with E-state index < -0.39 is 11.6 Å². The van der Waals surface area contributed by atoms with Crippen LogP contribution in [0.1, 0.15) is 16.7 Å². The Balaban J connectivity index is 1.92. The van der Waals surface area contributed by atoms with E-state index in [0.29, 0.717) is 28.2 Å². The summed E-state index contributed by atoms with van der Waals surface area (Å²) in [6, 6.07) is 22.7. The first-order valence-electron chi connectivity index (χ1n) is 8.81. The number of carbonyl (C=O) groups is 1. The van der Waals surface area contributed by atoms with Gasteiger partial charge in [0.25, 0.3) is 0 Å². The second-order valence-corrected chi connectivity index (χ2v) is 6.20. The van der Waals surface area contributed by atoms with E-state index in [4.69, 9.17) is 14.2 Å². The van der Waals surface area contributed by atoms with Crippen LogP contribution in [-0.2, 0) is 21.7 Å². The summed E-state index contributed by atoms with van der Waals surface area (Å²) < 4.78 is 16.1. The normalized spacial score (nSPS) is 11.0. The average molecular weight is 378 g/mol. The van der Waals surface area contributed by atoms with E-state index in [9.17, 15) is 9.90 Å². The van der Waals surface area contributed by atoms with E-state index in [0.717, 1.165) is 0 Å². The fourth-order valence-corrected chi connectivity index (χ4v) is 3.00. The molecule has 3 aromatic carbocycles.